The van der Waals surface area contributed by atoms with Crippen LogP contribution < -0.4 is 4.74 Å². The number of hydrogen-bond donors (Lipinski definition) is 1. The second-order valence-corrected chi connectivity index (χ2v) is 4.92. The highest BCUT2D eigenvalue weighted by molar-refractivity contribution is 5.81. The molecule has 19 heavy (non-hydrogen) atoms. The average molecular weight is 270 g/mol. The Morgan fingerprint density at radius 1 is 1.21 bits per heavy atom. The zero-order chi connectivity index (χ0) is 14.0. The summed E-state index contributed by atoms with van der Waals surface area (Å²) in [5, 5.41) is 9.47. The van der Waals surface area contributed by atoms with Gasteiger partial charge in [-0.3, -0.25) is 4.79 Å². The van der Waals surface area contributed by atoms with Crippen LogP contribution in [0.15, 0.2) is 12.1 Å². The Balaban J connectivity index is 2.51. The lowest BCUT2D eigenvalue weighted by molar-refractivity contribution is -0.145. The largest absolute Gasteiger partial charge is 0.491 e. The minimum atomic E-state index is -1.17. The minimum Gasteiger partial charge on any atom is -0.491 e. The smallest absolute Gasteiger partial charge is 0.314 e. The van der Waals surface area contributed by atoms with Crippen molar-refractivity contribution >= 4 is 5.97 Å². The summed E-state index contributed by atoms with van der Waals surface area (Å²) in [6.45, 7) is 0. The molecule has 0 saturated heterocycles. The van der Waals surface area contributed by atoms with Crippen LogP contribution in [-0.4, -0.2) is 18.2 Å². The zero-order valence-electron chi connectivity index (χ0n) is 10.7. The van der Waals surface area contributed by atoms with Crippen molar-refractivity contribution in [1.29, 1.82) is 0 Å². The van der Waals surface area contributed by atoms with Crippen molar-refractivity contribution < 1.29 is 23.4 Å². The Kier molecular flexibility index (Phi) is 3.73. The molecule has 104 valence electrons. The number of benzene rings is 1. The number of hydrogen-bond acceptors (Lipinski definition) is 2. The molecule has 0 heterocycles. The van der Waals surface area contributed by atoms with E-state index in [1.54, 1.807) is 0 Å². The van der Waals surface area contributed by atoms with Crippen LogP contribution in [-0.2, 0) is 10.2 Å². The molecular formula is C14H16F2O3. The molecule has 1 aliphatic carbocycles. The Morgan fingerprint density at radius 3 is 2.16 bits per heavy atom. The number of carbonyl (C=O) groups is 1. The first-order valence-corrected chi connectivity index (χ1v) is 6.28. The maximum Gasteiger partial charge on any atom is 0.314 e. The fourth-order valence-electron chi connectivity index (χ4n) is 2.81. The molecule has 0 unspecified atom stereocenters. The van der Waals surface area contributed by atoms with E-state index in [-0.39, 0.29) is 5.56 Å². The predicted octanol–water partition coefficient (Wildman–Crippen LogP) is 3.26. The van der Waals surface area contributed by atoms with Gasteiger partial charge in [0.2, 0.25) is 0 Å². The van der Waals surface area contributed by atoms with Gasteiger partial charge in [0.15, 0.2) is 17.4 Å². The fourth-order valence-corrected chi connectivity index (χ4v) is 2.81. The number of aliphatic carboxylic acids is 1. The molecule has 1 N–H and O–H groups in total. The highest BCUT2D eigenvalue weighted by atomic mass is 19.1. The van der Waals surface area contributed by atoms with E-state index < -0.39 is 28.8 Å². The van der Waals surface area contributed by atoms with E-state index in [4.69, 9.17) is 0 Å². The lowest BCUT2D eigenvalue weighted by Crippen LogP contribution is -2.38. The van der Waals surface area contributed by atoms with Crippen molar-refractivity contribution in [2.75, 3.05) is 7.11 Å². The molecule has 3 nitrogen and oxygen atoms in total. The van der Waals surface area contributed by atoms with Gasteiger partial charge in [0.25, 0.3) is 0 Å². The molecule has 0 radical (unpaired) electrons. The van der Waals surface area contributed by atoms with Crippen LogP contribution in [0.3, 0.4) is 0 Å². The summed E-state index contributed by atoms with van der Waals surface area (Å²) in [4.78, 5) is 11.6. The average Bonchev–Trinajstić information content (AvgIpc) is 2.39. The molecule has 0 aliphatic heterocycles. The second-order valence-electron chi connectivity index (χ2n) is 4.92. The normalized spacial score (nSPS) is 18.1. The highest BCUT2D eigenvalue weighted by Crippen LogP contribution is 2.41. The van der Waals surface area contributed by atoms with Crippen molar-refractivity contribution in [2.45, 2.75) is 37.5 Å². The monoisotopic (exact) mass is 270 g/mol. The Labute approximate surface area is 110 Å². The molecule has 0 aromatic heterocycles. The van der Waals surface area contributed by atoms with Gasteiger partial charge < -0.3 is 9.84 Å². The van der Waals surface area contributed by atoms with Crippen molar-refractivity contribution in [2.24, 2.45) is 0 Å². The molecule has 2 rings (SSSR count). The SMILES string of the molecule is COc1c(F)cc(C2(C(=O)O)CCCCC2)cc1F. The summed E-state index contributed by atoms with van der Waals surface area (Å²) < 4.78 is 32.1. The number of carboxylic acid groups (broad SMARTS) is 1. The molecular weight excluding hydrogens is 254 g/mol. The molecule has 0 atom stereocenters. The molecule has 1 aliphatic rings. The Morgan fingerprint density at radius 2 is 1.74 bits per heavy atom. The van der Waals surface area contributed by atoms with Crippen LogP contribution in [0.5, 0.6) is 5.75 Å². The third-order valence-electron chi connectivity index (χ3n) is 3.87. The van der Waals surface area contributed by atoms with Gasteiger partial charge in [0.1, 0.15) is 0 Å². The minimum absolute atomic E-state index is 0.190. The van der Waals surface area contributed by atoms with Gasteiger partial charge in [0, 0.05) is 0 Å². The van der Waals surface area contributed by atoms with E-state index in [0.29, 0.717) is 12.8 Å². The van der Waals surface area contributed by atoms with Crippen molar-refractivity contribution in [3.63, 3.8) is 0 Å². The topological polar surface area (TPSA) is 46.5 Å². The van der Waals surface area contributed by atoms with Gasteiger partial charge in [0.05, 0.1) is 12.5 Å². The van der Waals surface area contributed by atoms with Crippen LogP contribution in [0.25, 0.3) is 0 Å². The van der Waals surface area contributed by atoms with Gasteiger partial charge in [-0.25, -0.2) is 8.78 Å². The summed E-state index contributed by atoms with van der Waals surface area (Å²) in [5.74, 6) is -3.20. The van der Waals surface area contributed by atoms with Crippen LogP contribution in [0.1, 0.15) is 37.7 Å². The first-order chi connectivity index (χ1) is 9.01. The molecule has 0 amide bonds. The van der Waals surface area contributed by atoms with Gasteiger partial charge in [-0.2, -0.15) is 0 Å². The standard InChI is InChI=1S/C14H16F2O3/c1-19-12-10(15)7-9(8-11(12)16)14(13(17)18)5-3-2-4-6-14/h7-8H,2-6H2,1H3,(H,17,18). The van der Waals surface area contributed by atoms with Crippen molar-refractivity contribution in [1.82, 2.24) is 0 Å². The zero-order valence-corrected chi connectivity index (χ0v) is 10.7. The van der Waals surface area contributed by atoms with E-state index >= 15 is 0 Å². The predicted molar refractivity (Wildman–Crippen MR) is 65.3 cm³/mol. The Bertz CT molecular complexity index is 470. The summed E-state index contributed by atoms with van der Waals surface area (Å²) in [6, 6.07) is 2.17. The molecule has 5 heteroatoms. The lowest BCUT2D eigenvalue weighted by Gasteiger charge is -2.33. The second kappa shape index (κ2) is 5.15. The molecule has 1 aromatic rings. The third kappa shape index (κ3) is 2.29. The van der Waals surface area contributed by atoms with E-state index in [1.165, 1.54) is 7.11 Å². The highest BCUT2D eigenvalue weighted by Gasteiger charge is 2.42. The summed E-state index contributed by atoms with van der Waals surface area (Å²) in [5.41, 5.74) is -0.984. The fraction of sp³-hybridized carbons (Fsp3) is 0.500. The van der Waals surface area contributed by atoms with E-state index in [0.717, 1.165) is 31.4 Å². The number of carboxylic acids is 1. The maximum atomic E-state index is 13.7. The van der Waals surface area contributed by atoms with Crippen molar-refractivity contribution in [3.8, 4) is 5.75 Å². The van der Waals surface area contributed by atoms with Crippen molar-refractivity contribution in [3.05, 3.63) is 29.3 Å². The van der Waals surface area contributed by atoms with Crippen LogP contribution >= 0.6 is 0 Å². The van der Waals surface area contributed by atoms with Crippen LogP contribution in [0, 0.1) is 11.6 Å². The summed E-state index contributed by atoms with van der Waals surface area (Å²) in [6.07, 6.45) is 3.28. The quantitative estimate of drug-likeness (QED) is 0.917. The maximum absolute atomic E-state index is 13.7. The van der Waals surface area contributed by atoms with Crippen LogP contribution in [0.2, 0.25) is 0 Å². The van der Waals surface area contributed by atoms with E-state index in [2.05, 4.69) is 4.74 Å². The third-order valence-corrected chi connectivity index (χ3v) is 3.87. The number of methoxy groups -OCH3 is 1. The van der Waals surface area contributed by atoms with Gasteiger partial charge >= 0.3 is 5.97 Å². The molecule has 0 bridgehead atoms. The molecule has 1 fully saturated rings. The molecule has 1 saturated carbocycles. The number of halogens is 2. The van der Waals surface area contributed by atoms with E-state index in [1.807, 2.05) is 0 Å². The van der Waals surface area contributed by atoms with Gasteiger partial charge in [-0.15, -0.1) is 0 Å². The first kappa shape index (κ1) is 13.8. The van der Waals surface area contributed by atoms with Crippen LogP contribution in [0.4, 0.5) is 8.78 Å². The number of ether oxygens (including phenoxy) is 1. The number of rotatable bonds is 3. The first-order valence-electron chi connectivity index (χ1n) is 6.28. The van der Waals surface area contributed by atoms with Gasteiger partial charge in [-0.05, 0) is 30.5 Å². The van der Waals surface area contributed by atoms with Gasteiger partial charge in [-0.1, -0.05) is 19.3 Å². The summed E-state index contributed by atoms with van der Waals surface area (Å²) in [7, 11) is 1.18. The summed E-state index contributed by atoms with van der Waals surface area (Å²) >= 11 is 0. The lowest BCUT2D eigenvalue weighted by atomic mass is 9.69. The Hall–Kier alpha value is -1.65. The molecule has 1 aromatic carbocycles. The molecule has 0 spiro atoms. The van der Waals surface area contributed by atoms with E-state index in [9.17, 15) is 18.7 Å².